The van der Waals surface area contributed by atoms with Crippen LogP contribution in [0.2, 0.25) is 0 Å². The monoisotopic (exact) mass is 363 g/mol. The van der Waals surface area contributed by atoms with Crippen LogP contribution in [0.25, 0.3) is 10.9 Å². The van der Waals surface area contributed by atoms with Gasteiger partial charge in [0, 0.05) is 23.3 Å². The Morgan fingerprint density at radius 1 is 1.45 bits per heavy atom. The van der Waals surface area contributed by atoms with Crippen LogP contribution in [0, 0.1) is 0 Å². The van der Waals surface area contributed by atoms with Gasteiger partial charge in [0.2, 0.25) is 5.62 Å². The lowest BCUT2D eigenvalue weighted by Gasteiger charge is -2.08. The molecule has 7 nitrogen and oxygen atoms in total. The van der Waals surface area contributed by atoms with Crippen molar-refractivity contribution < 1.29 is 4.84 Å². The molecule has 0 aliphatic heterocycles. The highest BCUT2D eigenvalue weighted by Gasteiger charge is 2.10. The van der Waals surface area contributed by atoms with Gasteiger partial charge in [-0.1, -0.05) is 6.07 Å². The number of aromatic nitrogens is 4. The van der Waals surface area contributed by atoms with Crippen LogP contribution < -0.4 is 11.2 Å². The van der Waals surface area contributed by atoms with Gasteiger partial charge in [-0.2, -0.15) is 5.10 Å². The molecule has 1 aromatic carbocycles. The largest absolute Gasteiger partial charge is 0.396 e. The molecule has 0 atom stereocenters. The number of H-pyrrole nitrogens is 1. The lowest BCUT2D eigenvalue weighted by molar-refractivity contribution is 0.192. The van der Waals surface area contributed by atoms with Gasteiger partial charge in [-0.15, -0.1) is 0 Å². The van der Waals surface area contributed by atoms with E-state index in [1.807, 2.05) is 25.4 Å². The minimum Gasteiger partial charge on any atom is -0.396 e. The van der Waals surface area contributed by atoms with Gasteiger partial charge in [0.1, 0.15) is 7.11 Å². The molecule has 0 saturated heterocycles. The van der Waals surface area contributed by atoms with Gasteiger partial charge in [-0.25, -0.2) is 0 Å². The molecule has 3 aromatic rings. The maximum atomic E-state index is 12.8. The molecule has 8 heteroatoms. The number of nitrogens with one attached hydrogen (secondary N) is 1. The number of hydrogen-bond acceptors (Lipinski definition) is 4. The number of aryl methyl sites for hydroxylation is 1. The predicted octanol–water partition coefficient (Wildman–Crippen LogP) is 1.34. The summed E-state index contributed by atoms with van der Waals surface area (Å²) in [6, 6.07) is 5.46. The van der Waals surface area contributed by atoms with Crippen LogP contribution >= 0.6 is 15.9 Å². The van der Waals surface area contributed by atoms with Gasteiger partial charge < -0.3 is 9.82 Å². The van der Waals surface area contributed by atoms with Crippen LogP contribution in [0.4, 0.5) is 0 Å². The number of para-hydroxylation sites is 1. The highest BCUT2D eigenvalue weighted by atomic mass is 79.9. The average molecular weight is 364 g/mol. The summed E-state index contributed by atoms with van der Waals surface area (Å²) >= 11 is 3.44. The highest BCUT2D eigenvalue weighted by Crippen LogP contribution is 2.17. The lowest BCUT2D eigenvalue weighted by Crippen LogP contribution is -2.36. The van der Waals surface area contributed by atoms with Crippen molar-refractivity contribution in [3.63, 3.8) is 0 Å². The van der Waals surface area contributed by atoms with Gasteiger partial charge in [-0.3, -0.25) is 14.0 Å². The van der Waals surface area contributed by atoms with Crippen molar-refractivity contribution in [2.75, 3.05) is 7.11 Å². The Balaban J connectivity index is 2.28. The Morgan fingerprint density at radius 2 is 2.27 bits per heavy atom. The molecule has 0 unspecified atom stereocenters. The zero-order chi connectivity index (χ0) is 15.7. The standard InChI is InChI=1S/C14H14BrN5O2/c1-19-7-9(6-16-19)8-20-13(21)10-4-3-5-11(15)12(10)17-14(20)18-22-2/h3-7H,8H2,1-2H3,(H,17,18). The van der Waals surface area contributed by atoms with Crippen LogP contribution in [-0.2, 0) is 18.4 Å². The third kappa shape index (κ3) is 2.57. The molecule has 0 radical (unpaired) electrons. The molecule has 22 heavy (non-hydrogen) atoms. The normalized spacial score (nSPS) is 12.0. The number of fused-ring (bicyclic) bond motifs is 1. The topological polar surface area (TPSA) is 77.2 Å². The van der Waals surface area contributed by atoms with Crippen molar-refractivity contribution in [3.8, 4) is 0 Å². The second-order valence-electron chi connectivity index (χ2n) is 4.80. The first-order valence-corrected chi connectivity index (χ1v) is 7.35. The molecule has 3 rings (SSSR count). The van der Waals surface area contributed by atoms with E-state index in [0.29, 0.717) is 23.1 Å². The van der Waals surface area contributed by atoms with Crippen molar-refractivity contribution in [3.05, 3.63) is 56.6 Å². The molecule has 0 saturated carbocycles. The van der Waals surface area contributed by atoms with Gasteiger partial charge in [0.25, 0.3) is 5.56 Å². The Labute approximate surface area is 134 Å². The molecular formula is C14H14BrN5O2. The summed E-state index contributed by atoms with van der Waals surface area (Å²) in [5.41, 5.74) is 1.79. The first kappa shape index (κ1) is 14.6. The molecule has 0 bridgehead atoms. The van der Waals surface area contributed by atoms with Crippen molar-refractivity contribution in [1.29, 1.82) is 0 Å². The first-order chi connectivity index (χ1) is 10.6. The van der Waals surface area contributed by atoms with E-state index in [1.54, 1.807) is 16.9 Å². The van der Waals surface area contributed by atoms with Crippen molar-refractivity contribution in [2.24, 2.45) is 12.2 Å². The van der Waals surface area contributed by atoms with Crippen molar-refractivity contribution >= 4 is 26.8 Å². The molecule has 0 aliphatic carbocycles. The summed E-state index contributed by atoms with van der Waals surface area (Å²) in [5, 5.41) is 8.61. The van der Waals surface area contributed by atoms with Gasteiger partial charge in [0.15, 0.2) is 0 Å². The maximum Gasteiger partial charge on any atom is 0.263 e. The Kier molecular flexibility index (Phi) is 3.84. The first-order valence-electron chi connectivity index (χ1n) is 6.56. The number of benzene rings is 1. The summed E-state index contributed by atoms with van der Waals surface area (Å²) < 4.78 is 4.01. The van der Waals surface area contributed by atoms with Crippen LogP contribution in [0.5, 0.6) is 0 Å². The van der Waals surface area contributed by atoms with Crippen LogP contribution in [0.15, 0.2) is 45.0 Å². The quantitative estimate of drug-likeness (QED) is 0.713. The van der Waals surface area contributed by atoms with Gasteiger partial charge in [-0.05, 0) is 33.2 Å². The molecule has 1 N–H and O–H groups in total. The molecular weight excluding hydrogens is 350 g/mol. The summed E-state index contributed by atoms with van der Waals surface area (Å²) in [5.74, 6) is 0. The summed E-state index contributed by atoms with van der Waals surface area (Å²) in [6.07, 6.45) is 3.57. The Bertz CT molecular complexity index is 954. The van der Waals surface area contributed by atoms with E-state index in [1.165, 1.54) is 11.7 Å². The van der Waals surface area contributed by atoms with Gasteiger partial charge in [0.05, 0.1) is 23.6 Å². The van der Waals surface area contributed by atoms with E-state index in [9.17, 15) is 4.79 Å². The average Bonchev–Trinajstić information content (AvgIpc) is 2.90. The fourth-order valence-electron chi connectivity index (χ4n) is 2.29. The lowest BCUT2D eigenvalue weighted by atomic mass is 10.2. The third-order valence-corrected chi connectivity index (χ3v) is 3.92. The molecule has 2 heterocycles. The molecule has 0 aliphatic rings. The van der Waals surface area contributed by atoms with Crippen molar-refractivity contribution in [1.82, 2.24) is 19.3 Å². The third-order valence-electron chi connectivity index (χ3n) is 3.26. The number of halogens is 1. The van der Waals surface area contributed by atoms with Crippen LogP contribution in [-0.4, -0.2) is 26.4 Å². The van der Waals surface area contributed by atoms with Gasteiger partial charge >= 0.3 is 0 Å². The van der Waals surface area contributed by atoms with E-state index >= 15 is 0 Å². The van der Waals surface area contributed by atoms with Crippen LogP contribution in [0.3, 0.4) is 0 Å². The number of nitrogens with zero attached hydrogens (tertiary/aromatic N) is 4. The molecule has 2 aromatic heterocycles. The maximum absolute atomic E-state index is 12.8. The Morgan fingerprint density at radius 3 is 2.95 bits per heavy atom. The minimum atomic E-state index is -0.144. The molecule has 0 amide bonds. The fourth-order valence-corrected chi connectivity index (χ4v) is 2.76. The summed E-state index contributed by atoms with van der Waals surface area (Å²) in [4.78, 5) is 20.7. The number of hydrogen-bond donors (Lipinski definition) is 1. The second kappa shape index (κ2) is 5.80. The van der Waals surface area contributed by atoms with E-state index in [-0.39, 0.29) is 5.56 Å². The van der Waals surface area contributed by atoms with E-state index in [2.05, 4.69) is 31.2 Å². The smallest absolute Gasteiger partial charge is 0.263 e. The molecule has 114 valence electrons. The SMILES string of the molecule is CO/N=c1\[nH]c2c(Br)cccc2c(=O)n1Cc1cnn(C)c1. The summed E-state index contributed by atoms with van der Waals surface area (Å²) in [7, 11) is 3.27. The minimum absolute atomic E-state index is 0.144. The summed E-state index contributed by atoms with van der Waals surface area (Å²) in [6.45, 7) is 0.355. The number of rotatable bonds is 3. The predicted molar refractivity (Wildman–Crippen MR) is 85.1 cm³/mol. The Hall–Kier alpha value is -2.35. The molecule has 0 fully saturated rings. The highest BCUT2D eigenvalue weighted by molar-refractivity contribution is 9.10. The van der Waals surface area contributed by atoms with E-state index in [0.717, 1.165) is 10.0 Å². The molecule has 0 spiro atoms. The van der Waals surface area contributed by atoms with Crippen LogP contribution in [0.1, 0.15) is 5.56 Å². The zero-order valence-electron chi connectivity index (χ0n) is 12.1. The zero-order valence-corrected chi connectivity index (χ0v) is 13.7. The second-order valence-corrected chi connectivity index (χ2v) is 5.65. The number of aromatic amines is 1. The van der Waals surface area contributed by atoms with E-state index in [4.69, 9.17) is 4.84 Å². The fraction of sp³-hybridized carbons (Fsp3) is 0.214. The van der Waals surface area contributed by atoms with Crippen molar-refractivity contribution in [2.45, 2.75) is 6.54 Å². The van der Waals surface area contributed by atoms with E-state index < -0.39 is 0 Å².